The van der Waals surface area contributed by atoms with Gasteiger partial charge in [-0.3, -0.25) is 9.59 Å². The van der Waals surface area contributed by atoms with Gasteiger partial charge < -0.3 is 30.3 Å². The Bertz CT molecular complexity index is 1370. The zero-order chi connectivity index (χ0) is 29.5. The summed E-state index contributed by atoms with van der Waals surface area (Å²) in [6.45, 7) is 4.94. The Morgan fingerprint density at radius 2 is 1.93 bits per heavy atom. The van der Waals surface area contributed by atoms with Gasteiger partial charge in [-0.25, -0.2) is 9.37 Å². The van der Waals surface area contributed by atoms with E-state index < -0.39 is 11.7 Å². The van der Waals surface area contributed by atoms with Crippen LogP contribution in [0.5, 0.6) is 0 Å². The van der Waals surface area contributed by atoms with Crippen LogP contribution in [0, 0.1) is 11.7 Å². The molecule has 3 N–H and O–H groups in total. The van der Waals surface area contributed by atoms with Crippen LogP contribution in [-0.4, -0.2) is 60.8 Å². The second-order valence-electron chi connectivity index (χ2n) is 10.2. The highest BCUT2D eigenvalue weighted by atomic mass is 35.5. The van der Waals surface area contributed by atoms with E-state index >= 15 is 0 Å². The number of ether oxygens (including phenoxy) is 2. The Labute approximate surface area is 249 Å². The molecule has 0 bridgehead atoms. The molecule has 12 heteroatoms. The largest absolute Gasteiger partial charge is 0.466 e. The van der Waals surface area contributed by atoms with Crippen molar-refractivity contribution in [3.05, 3.63) is 65.1 Å². The van der Waals surface area contributed by atoms with Crippen molar-refractivity contribution in [1.82, 2.24) is 9.97 Å². The lowest BCUT2D eigenvalue weighted by Gasteiger charge is -2.32. The quantitative estimate of drug-likeness (QED) is 0.256. The van der Waals surface area contributed by atoms with Gasteiger partial charge in [-0.15, -0.1) is 0 Å². The number of carbonyl (C=O) groups is 2. The second-order valence-corrected chi connectivity index (χ2v) is 10.6. The maximum atomic E-state index is 14.3. The molecule has 3 heterocycles. The molecule has 2 aliphatic heterocycles. The van der Waals surface area contributed by atoms with Gasteiger partial charge in [0.05, 0.1) is 29.3 Å². The van der Waals surface area contributed by atoms with Crippen molar-refractivity contribution in [3.63, 3.8) is 0 Å². The number of nitrogens with zero attached hydrogens (tertiary/aromatic N) is 3. The first-order valence-electron chi connectivity index (χ1n) is 14.2. The molecule has 5 rings (SSSR count). The SMILES string of the molecule is CCOC(=O)C1CCN(c2ccc(Nc3ncc(C(=O)Nc4c(F)cccc4Cl)c(NCC4CCCO4)n3)cc2)CC1. The average molecular weight is 597 g/mol. The van der Waals surface area contributed by atoms with Gasteiger partial charge in [0.25, 0.3) is 5.91 Å². The molecule has 0 radical (unpaired) electrons. The summed E-state index contributed by atoms with van der Waals surface area (Å²) >= 11 is 6.10. The monoisotopic (exact) mass is 596 g/mol. The molecule has 2 aromatic carbocycles. The molecule has 42 heavy (non-hydrogen) atoms. The number of hydrogen-bond acceptors (Lipinski definition) is 9. The molecule has 1 aromatic heterocycles. The molecular weight excluding hydrogens is 563 g/mol. The van der Waals surface area contributed by atoms with Gasteiger partial charge in [0, 0.05) is 43.8 Å². The van der Waals surface area contributed by atoms with E-state index in [0.717, 1.165) is 50.1 Å². The number of anilines is 5. The summed E-state index contributed by atoms with van der Waals surface area (Å²) in [5.41, 5.74) is 1.85. The number of piperidine rings is 1. The second kappa shape index (κ2) is 13.8. The van der Waals surface area contributed by atoms with Crippen LogP contribution in [0.15, 0.2) is 48.7 Å². The Morgan fingerprint density at radius 1 is 1.14 bits per heavy atom. The summed E-state index contributed by atoms with van der Waals surface area (Å²) in [5, 5.41) is 9.02. The average Bonchev–Trinajstić information content (AvgIpc) is 3.53. The topological polar surface area (TPSA) is 118 Å². The van der Waals surface area contributed by atoms with Crippen molar-refractivity contribution in [2.24, 2.45) is 5.92 Å². The number of carbonyl (C=O) groups excluding carboxylic acids is 2. The number of para-hydroxylation sites is 1. The Balaban J connectivity index is 1.27. The van der Waals surface area contributed by atoms with E-state index in [-0.39, 0.29) is 46.0 Å². The lowest BCUT2D eigenvalue weighted by molar-refractivity contribution is -0.148. The highest BCUT2D eigenvalue weighted by Crippen LogP contribution is 2.28. The Hall–Kier alpha value is -3.96. The molecule has 2 aliphatic rings. The summed E-state index contributed by atoms with van der Waals surface area (Å²) in [5.74, 6) is -0.825. The highest BCUT2D eigenvalue weighted by Gasteiger charge is 2.26. The number of nitrogens with one attached hydrogen (secondary N) is 3. The highest BCUT2D eigenvalue weighted by molar-refractivity contribution is 6.34. The van der Waals surface area contributed by atoms with Crippen LogP contribution in [0.4, 0.5) is 33.2 Å². The van der Waals surface area contributed by atoms with Crippen molar-refractivity contribution < 1.29 is 23.5 Å². The molecule has 1 amide bonds. The van der Waals surface area contributed by atoms with Crippen LogP contribution < -0.4 is 20.9 Å². The molecule has 2 saturated heterocycles. The fraction of sp³-hybridized carbons (Fsp3) is 0.400. The fourth-order valence-corrected chi connectivity index (χ4v) is 5.29. The van der Waals surface area contributed by atoms with Crippen molar-refractivity contribution >= 4 is 52.3 Å². The predicted octanol–water partition coefficient (Wildman–Crippen LogP) is 5.64. The number of rotatable bonds is 10. The van der Waals surface area contributed by atoms with Crippen molar-refractivity contribution in [2.75, 3.05) is 53.7 Å². The molecule has 0 aliphatic carbocycles. The smallest absolute Gasteiger partial charge is 0.309 e. The number of amides is 1. The molecule has 0 saturated carbocycles. The van der Waals surface area contributed by atoms with E-state index in [4.69, 9.17) is 21.1 Å². The molecule has 1 atom stereocenters. The van der Waals surface area contributed by atoms with E-state index in [1.165, 1.54) is 24.4 Å². The molecule has 1 unspecified atom stereocenters. The van der Waals surface area contributed by atoms with Gasteiger partial charge in [-0.1, -0.05) is 17.7 Å². The van der Waals surface area contributed by atoms with Crippen LogP contribution in [0.25, 0.3) is 0 Å². The fourth-order valence-electron chi connectivity index (χ4n) is 5.08. The molecule has 3 aromatic rings. The Morgan fingerprint density at radius 3 is 2.62 bits per heavy atom. The number of hydrogen-bond donors (Lipinski definition) is 3. The van der Waals surface area contributed by atoms with Crippen LogP contribution >= 0.6 is 11.6 Å². The maximum Gasteiger partial charge on any atom is 0.309 e. The van der Waals surface area contributed by atoms with Crippen molar-refractivity contribution in [2.45, 2.75) is 38.7 Å². The first-order valence-corrected chi connectivity index (χ1v) is 14.6. The van der Waals surface area contributed by atoms with Crippen LogP contribution in [0.1, 0.15) is 43.0 Å². The zero-order valence-electron chi connectivity index (χ0n) is 23.4. The summed E-state index contributed by atoms with van der Waals surface area (Å²) in [6, 6.07) is 12.0. The van der Waals surface area contributed by atoms with E-state index in [1.807, 2.05) is 31.2 Å². The number of halogens is 2. The first-order chi connectivity index (χ1) is 20.4. The summed E-state index contributed by atoms with van der Waals surface area (Å²) < 4.78 is 25.2. The van der Waals surface area contributed by atoms with Gasteiger partial charge in [-0.2, -0.15) is 4.98 Å². The van der Waals surface area contributed by atoms with Crippen LogP contribution in [0.2, 0.25) is 5.02 Å². The van der Waals surface area contributed by atoms with Crippen molar-refractivity contribution in [1.29, 1.82) is 0 Å². The van der Waals surface area contributed by atoms with Gasteiger partial charge in [0.2, 0.25) is 5.95 Å². The molecule has 2 fully saturated rings. The minimum Gasteiger partial charge on any atom is -0.466 e. The Kier molecular flexibility index (Phi) is 9.70. The van der Waals surface area contributed by atoms with E-state index in [9.17, 15) is 14.0 Å². The maximum absolute atomic E-state index is 14.3. The summed E-state index contributed by atoms with van der Waals surface area (Å²) in [7, 11) is 0. The number of esters is 1. The molecule has 10 nitrogen and oxygen atoms in total. The van der Waals surface area contributed by atoms with E-state index in [1.54, 1.807) is 0 Å². The van der Waals surface area contributed by atoms with Crippen LogP contribution in [-0.2, 0) is 14.3 Å². The van der Waals surface area contributed by atoms with E-state index in [2.05, 4.69) is 30.8 Å². The molecule has 222 valence electrons. The zero-order valence-corrected chi connectivity index (χ0v) is 24.1. The van der Waals surface area contributed by atoms with Gasteiger partial charge in [-0.05, 0) is 69.0 Å². The van der Waals surface area contributed by atoms with Gasteiger partial charge in [0.15, 0.2) is 0 Å². The predicted molar refractivity (Wildman–Crippen MR) is 160 cm³/mol. The minimum absolute atomic E-state index is 0.00296. The third-order valence-corrected chi connectivity index (χ3v) is 7.67. The van der Waals surface area contributed by atoms with Gasteiger partial charge >= 0.3 is 5.97 Å². The first kappa shape index (κ1) is 29.5. The molecule has 0 spiro atoms. The third kappa shape index (κ3) is 7.27. The summed E-state index contributed by atoms with van der Waals surface area (Å²) in [6.07, 6.45) is 4.79. The van der Waals surface area contributed by atoms with Crippen LogP contribution in [0.3, 0.4) is 0 Å². The standard InChI is InChI=1S/C30H34ClFN6O4/c1-2-41-29(40)19-12-14-38(15-13-19)21-10-8-20(9-11-21)35-30-34-18-23(27(37-30)33-17-22-5-4-16-42-22)28(39)36-26-24(31)6-3-7-25(26)32/h3,6-11,18-19,22H,2,4-5,12-17H2,1H3,(H,36,39)(H2,33,34,35,37). The lowest BCUT2D eigenvalue weighted by Crippen LogP contribution is -2.36. The summed E-state index contributed by atoms with van der Waals surface area (Å²) in [4.78, 5) is 36.3. The lowest BCUT2D eigenvalue weighted by atomic mass is 9.96. The third-order valence-electron chi connectivity index (χ3n) is 7.36. The van der Waals surface area contributed by atoms with Crippen molar-refractivity contribution in [3.8, 4) is 0 Å². The number of aromatic nitrogens is 2. The van der Waals surface area contributed by atoms with E-state index in [0.29, 0.717) is 19.8 Å². The number of benzene rings is 2. The molecular formula is C30H34ClFN6O4. The normalized spacial score (nSPS) is 17.1. The van der Waals surface area contributed by atoms with Gasteiger partial charge in [0.1, 0.15) is 17.2 Å². The minimum atomic E-state index is -0.643.